The van der Waals surface area contributed by atoms with Gasteiger partial charge in [0.05, 0.1) is 0 Å². The molecule has 2 aromatic rings. The number of carbonyl (C=O) groups is 1. The zero-order valence-electron chi connectivity index (χ0n) is 12.7. The molecule has 0 spiro atoms. The van der Waals surface area contributed by atoms with Crippen molar-refractivity contribution in [2.75, 3.05) is 11.4 Å². The zero-order chi connectivity index (χ0) is 14.8. The zero-order valence-corrected chi connectivity index (χ0v) is 12.7. The molecule has 1 aliphatic heterocycles. The number of hydrogen-bond donors (Lipinski definition) is 0. The van der Waals surface area contributed by atoms with E-state index in [0.29, 0.717) is 6.42 Å². The smallest absolute Gasteiger partial charge is 0.165 e. The van der Waals surface area contributed by atoms with Gasteiger partial charge in [-0.25, -0.2) is 0 Å². The van der Waals surface area contributed by atoms with Crippen LogP contribution in [0.15, 0.2) is 42.5 Å². The van der Waals surface area contributed by atoms with Crippen LogP contribution in [-0.2, 0) is 6.54 Å². The van der Waals surface area contributed by atoms with Crippen molar-refractivity contribution in [1.82, 2.24) is 0 Å². The Kier molecular flexibility index (Phi) is 3.78. The minimum absolute atomic E-state index is 0.272. The summed E-state index contributed by atoms with van der Waals surface area (Å²) in [4.78, 5) is 14.5. The van der Waals surface area contributed by atoms with Crippen LogP contribution in [0, 0.1) is 13.8 Å². The van der Waals surface area contributed by atoms with Gasteiger partial charge in [0.25, 0.3) is 0 Å². The minimum atomic E-state index is 0.272. The van der Waals surface area contributed by atoms with E-state index in [1.807, 2.05) is 18.2 Å². The van der Waals surface area contributed by atoms with Gasteiger partial charge < -0.3 is 4.90 Å². The number of rotatable bonds is 2. The molecule has 2 aromatic carbocycles. The molecule has 3 rings (SSSR count). The summed E-state index contributed by atoms with van der Waals surface area (Å²) in [6.45, 7) is 6.08. The normalized spacial score (nSPS) is 14.8. The first kappa shape index (κ1) is 13.9. The second kappa shape index (κ2) is 5.72. The molecule has 0 amide bonds. The number of benzene rings is 2. The van der Waals surface area contributed by atoms with Gasteiger partial charge in [0, 0.05) is 30.8 Å². The highest BCUT2D eigenvalue weighted by Gasteiger charge is 2.20. The van der Waals surface area contributed by atoms with Crippen LogP contribution < -0.4 is 4.90 Å². The molecule has 1 heterocycles. The van der Waals surface area contributed by atoms with E-state index < -0.39 is 0 Å². The van der Waals surface area contributed by atoms with Crippen LogP contribution in [0.25, 0.3) is 0 Å². The number of para-hydroxylation sites is 1. The van der Waals surface area contributed by atoms with Crippen molar-refractivity contribution in [1.29, 1.82) is 0 Å². The first-order valence-electron chi connectivity index (χ1n) is 7.58. The Morgan fingerprint density at radius 2 is 1.76 bits per heavy atom. The Hall–Kier alpha value is -2.09. The van der Waals surface area contributed by atoms with Crippen LogP contribution in [0.2, 0.25) is 0 Å². The van der Waals surface area contributed by atoms with E-state index in [9.17, 15) is 4.79 Å². The van der Waals surface area contributed by atoms with Crippen LogP contribution in [0.3, 0.4) is 0 Å². The van der Waals surface area contributed by atoms with Crippen molar-refractivity contribution in [2.45, 2.75) is 33.2 Å². The summed E-state index contributed by atoms with van der Waals surface area (Å²) in [5.74, 6) is 0.272. The molecule has 0 aliphatic carbocycles. The predicted molar refractivity (Wildman–Crippen MR) is 87.0 cm³/mol. The molecule has 21 heavy (non-hydrogen) atoms. The SMILES string of the molecule is Cc1cc(C)cc(CN2CCCC(=O)c3ccccc32)c1. The molecule has 2 nitrogen and oxygen atoms in total. The third kappa shape index (κ3) is 2.99. The lowest BCUT2D eigenvalue weighted by atomic mass is 10.1. The summed E-state index contributed by atoms with van der Waals surface area (Å²) in [7, 11) is 0. The lowest BCUT2D eigenvalue weighted by Crippen LogP contribution is -2.23. The Labute approximate surface area is 126 Å². The molecule has 0 atom stereocenters. The van der Waals surface area contributed by atoms with E-state index in [4.69, 9.17) is 0 Å². The number of fused-ring (bicyclic) bond motifs is 1. The van der Waals surface area contributed by atoms with Crippen molar-refractivity contribution in [2.24, 2.45) is 0 Å². The Bertz CT molecular complexity index is 655. The Morgan fingerprint density at radius 1 is 1.05 bits per heavy atom. The van der Waals surface area contributed by atoms with Crippen molar-refractivity contribution in [3.05, 3.63) is 64.7 Å². The van der Waals surface area contributed by atoms with Crippen LogP contribution in [0.1, 0.15) is 39.9 Å². The monoisotopic (exact) mass is 279 g/mol. The highest BCUT2D eigenvalue weighted by atomic mass is 16.1. The minimum Gasteiger partial charge on any atom is -0.367 e. The maximum Gasteiger partial charge on any atom is 0.165 e. The van der Waals surface area contributed by atoms with Crippen molar-refractivity contribution in [3.8, 4) is 0 Å². The summed E-state index contributed by atoms with van der Waals surface area (Å²) in [5, 5.41) is 0. The second-order valence-corrected chi connectivity index (χ2v) is 5.96. The summed E-state index contributed by atoms with van der Waals surface area (Å²) in [5.41, 5.74) is 5.86. The highest BCUT2D eigenvalue weighted by Crippen LogP contribution is 2.27. The molecule has 1 aliphatic rings. The molecule has 0 unspecified atom stereocenters. The third-order valence-electron chi connectivity index (χ3n) is 4.03. The van der Waals surface area contributed by atoms with Crippen LogP contribution in [-0.4, -0.2) is 12.3 Å². The van der Waals surface area contributed by atoms with E-state index >= 15 is 0 Å². The molecule has 0 N–H and O–H groups in total. The first-order chi connectivity index (χ1) is 10.1. The van der Waals surface area contributed by atoms with E-state index in [1.54, 1.807) is 0 Å². The number of anilines is 1. The third-order valence-corrected chi connectivity index (χ3v) is 4.03. The standard InChI is InChI=1S/C19H21NO/c1-14-10-15(2)12-16(11-14)13-20-9-5-8-19(21)17-6-3-4-7-18(17)20/h3-4,6-7,10-12H,5,8-9,13H2,1-2H3. The summed E-state index contributed by atoms with van der Waals surface area (Å²) in [6, 6.07) is 14.7. The van der Waals surface area contributed by atoms with E-state index in [2.05, 4.69) is 43.0 Å². The number of ketones is 1. The predicted octanol–water partition coefficient (Wildman–Crippen LogP) is 4.29. The molecule has 0 saturated heterocycles. The van der Waals surface area contributed by atoms with Gasteiger partial charge in [0.1, 0.15) is 0 Å². The molecule has 108 valence electrons. The summed E-state index contributed by atoms with van der Waals surface area (Å²) < 4.78 is 0. The number of nitrogens with zero attached hydrogens (tertiary/aromatic N) is 1. The van der Waals surface area contributed by atoms with Gasteiger partial charge in [0.2, 0.25) is 0 Å². The lowest BCUT2D eigenvalue weighted by molar-refractivity contribution is 0.0984. The number of hydrogen-bond acceptors (Lipinski definition) is 2. The molecule has 0 saturated carbocycles. The average molecular weight is 279 g/mol. The highest BCUT2D eigenvalue weighted by molar-refractivity contribution is 6.01. The van der Waals surface area contributed by atoms with Crippen molar-refractivity contribution >= 4 is 11.5 Å². The summed E-state index contributed by atoms with van der Waals surface area (Å²) in [6.07, 6.45) is 1.58. The molecular formula is C19H21NO. The Morgan fingerprint density at radius 3 is 2.52 bits per heavy atom. The molecule has 0 radical (unpaired) electrons. The quantitative estimate of drug-likeness (QED) is 0.817. The van der Waals surface area contributed by atoms with E-state index in [0.717, 1.165) is 30.8 Å². The van der Waals surface area contributed by atoms with Gasteiger partial charge in [-0.15, -0.1) is 0 Å². The maximum absolute atomic E-state index is 12.2. The van der Waals surface area contributed by atoms with Gasteiger partial charge in [-0.3, -0.25) is 4.79 Å². The lowest BCUT2D eigenvalue weighted by Gasteiger charge is -2.25. The fourth-order valence-electron chi connectivity index (χ4n) is 3.22. The number of Topliss-reactive ketones (excluding diaryl/α,β-unsaturated/α-hetero) is 1. The van der Waals surface area contributed by atoms with Crippen LogP contribution >= 0.6 is 0 Å². The van der Waals surface area contributed by atoms with Crippen LogP contribution in [0.4, 0.5) is 5.69 Å². The second-order valence-electron chi connectivity index (χ2n) is 5.96. The number of carbonyl (C=O) groups excluding carboxylic acids is 1. The topological polar surface area (TPSA) is 20.3 Å². The molecule has 0 fully saturated rings. The first-order valence-corrected chi connectivity index (χ1v) is 7.58. The molecule has 2 heteroatoms. The van der Waals surface area contributed by atoms with Gasteiger partial charge in [0.15, 0.2) is 5.78 Å². The van der Waals surface area contributed by atoms with Gasteiger partial charge in [-0.2, -0.15) is 0 Å². The molecular weight excluding hydrogens is 258 g/mol. The van der Waals surface area contributed by atoms with Crippen LogP contribution in [0.5, 0.6) is 0 Å². The average Bonchev–Trinajstić information content (AvgIpc) is 2.59. The molecule has 0 aromatic heterocycles. The van der Waals surface area contributed by atoms with Crippen molar-refractivity contribution in [3.63, 3.8) is 0 Å². The maximum atomic E-state index is 12.2. The molecule has 0 bridgehead atoms. The fourth-order valence-corrected chi connectivity index (χ4v) is 3.22. The number of aryl methyl sites for hydroxylation is 2. The van der Waals surface area contributed by atoms with Gasteiger partial charge in [-0.1, -0.05) is 41.5 Å². The summed E-state index contributed by atoms with van der Waals surface area (Å²) >= 11 is 0. The van der Waals surface area contributed by atoms with Crippen molar-refractivity contribution < 1.29 is 4.79 Å². The largest absolute Gasteiger partial charge is 0.367 e. The van der Waals surface area contributed by atoms with E-state index in [-0.39, 0.29) is 5.78 Å². The Balaban J connectivity index is 1.94. The van der Waals surface area contributed by atoms with E-state index in [1.165, 1.54) is 16.7 Å². The van der Waals surface area contributed by atoms with Gasteiger partial charge in [-0.05, 0) is 38.0 Å². The van der Waals surface area contributed by atoms with Gasteiger partial charge >= 0.3 is 0 Å². The fraction of sp³-hybridized carbons (Fsp3) is 0.316.